The van der Waals surface area contributed by atoms with Crippen molar-refractivity contribution in [2.75, 3.05) is 26.7 Å². The van der Waals surface area contributed by atoms with Gasteiger partial charge in [0, 0.05) is 44.3 Å². The largest absolute Gasteiger partial charge is 0.355 e. The van der Waals surface area contributed by atoms with Crippen LogP contribution in [0.25, 0.3) is 10.9 Å². The minimum absolute atomic E-state index is 0. The smallest absolute Gasteiger partial charge is 0.191 e. The SMILES string of the molecule is CCC1CCCCN1CCNC(=NC)NCc1cccc2cccnc12.I. The van der Waals surface area contributed by atoms with Gasteiger partial charge in [-0.05, 0) is 37.4 Å². The van der Waals surface area contributed by atoms with E-state index in [1.165, 1.54) is 43.2 Å². The highest BCUT2D eigenvalue weighted by Gasteiger charge is 2.19. The highest BCUT2D eigenvalue weighted by molar-refractivity contribution is 14.0. The maximum absolute atomic E-state index is 4.52. The minimum Gasteiger partial charge on any atom is -0.355 e. The first kappa shape index (κ1) is 21.9. The fourth-order valence-electron chi connectivity index (χ4n) is 3.84. The number of nitrogens with zero attached hydrogens (tertiary/aromatic N) is 3. The summed E-state index contributed by atoms with van der Waals surface area (Å²) in [5.74, 6) is 0.850. The number of hydrogen-bond acceptors (Lipinski definition) is 3. The number of hydrogen-bond donors (Lipinski definition) is 2. The van der Waals surface area contributed by atoms with E-state index in [1.54, 1.807) is 0 Å². The summed E-state index contributed by atoms with van der Waals surface area (Å²) in [6, 6.07) is 11.1. The highest BCUT2D eigenvalue weighted by atomic mass is 127. The van der Waals surface area contributed by atoms with Crippen LogP contribution < -0.4 is 10.6 Å². The molecule has 2 N–H and O–H groups in total. The lowest BCUT2D eigenvalue weighted by molar-refractivity contribution is 0.147. The molecule has 2 heterocycles. The number of rotatable bonds is 6. The number of likely N-dealkylation sites (tertiary alicyclic amines) is 1. The van der Waals surface area contributed by atoms with Gasteiger partial charge in [-0.15, -0.1) is 24.0 Å². The maximum atomic E-state index is 4.52. The molecule has 1 unspecified atom stereocenters. The monoisotopic (exact) mass is 481 g/mol. The Hall–Kier alpha value is -1.41. The van der Waals surface area contributed by atoms with Crippen LogP contribution >= 0.6 is 24.0 Å². The first-order valence-electron chi connectivity index (χ1n) is 9.83. The Labute approximate surface area is 180 Å². The van der Waals surface area contributed by atoms with E-state index in [0.717, 1.165) is 37.2 Å². The third kappa shape index (κ3) is 6.04. The van der Waals surface area contributed by atoms with Crippen molar-refractivity contribution in [3.8, 4) is 0 Å². The van der Waals surface area contributed by atoms with Crippen molar-refractivity contribution < 1.29 is 0 Å². The van der Waals surface area contributed by atoms with Crippen molar-refractivity contribution >= 4 is 40.8 Å². The fraction of sp³-hybridized carbons (Fsp3) is 0.524. The van der Waals surface area contributed by atoms with Crippen molar-refractivity contribution in [3.05, 3.63) is 42.1 Å². The second kappa shape index (κ2) is 11.4. The van der Waals surface area contributed by atoms with Gasteiger partial charge in [-0.2, -0.15) is 0 Å². The molecule has 1 aromatic heterocycles. The molecule has 1 aliphatic rings. The van der Waals surface area contributed by atoms with E-state index in [2.05, 4.69) is 56.7 Å². The van der Waals surface area contributed by atoms with E-state index in [1.807, 2.05) is 19.3 Å². The molecule has 6 heteroatoms. The third-order valence-electron chi connectivity index (χ3n) is 5.30. The van der Waals surface area contributed by atoms with Gasteiger partial charge in [0.05, 0.1) is 5.52 Å². The van der Waals surface area contributed by atoms with Gasteiger partial charge in [-0.25, -0.2) is 0 Å². The Balaban J connectivity index is 0.00000261. The summed E-state index contributed by atoms with van der Waals surface area (Å²) in [5, 5.41) is 8.05. The predicted octanol–water partition coefficient (Wildman–Crippen LogP) is 3.78. The average molecular weight is 481 g/mol. The molecule has 1 atom stereocenters. The van der Waals surface area contributed by atoms with Crippen molar-refractivity contribution in [1.82, 2.24) is 20.5 Å². The van der Waals surface area contributed by atoms with Crippen LogP contribution in [0.15, 0.2) is 41.5 Å². The molecule has 0 spiro atoms. The van der Waals surface area contributed by atoms with Crippen molar-refractivity contribution in [1.29, 1.82) is 0 Å². The first-order valence-corrected chi connectivity index (χ1v) is 9.83. The van der Waals surface area contributed by atoms with E-state index in [9.17, 15) is 0 Å². The van der Waals surface area contributed by atoms with E-state index in [0.29, 0.717) is 0 Å². The molecule has 1 fully saturated rings. The molecular formula is C21H32IN5. The van der Waals surface area contributed by atoms with Crippen LogP contribution in [0.5, 0.6) is 0 Å². The Morgan fingerprint density at radius 1 is 1.22 bits per heavy atom. The van der Waals surface area contributed by atoms with Crippen LogP contribution in [0.3, 0.4) is 0 Å². The number of aliphatic imine (C=N–C) groups is 1. The van der Waals surface area contributed by atoms with Gasteiger partial charge in [0.1, 0.15) is 0 Å². The van der Waals surface area contributed by atoms with E-state index < -0.39 is 0 Å². The van der Waals surface area contributed by atoms with Gasteiger partial charge in [-0.1, -0.05) is 37.6 Å². The number of nitrogens with one attached hydrogen (secondary N) is 2. The van der Waals surface area contributed by atoms with Gasteiger partial charge >= 0.3 is 0 Å². The van der Waals surface area contributed by atoms with Crippen LogP contribution in [0.4, 0.5) is 0 Å². The first-order chi connectivity index (χ1) is 12.8. The Kier molecular flexibility index (Phi) is 9.27. The normalized spacial score (nSPS) is 18.1. The topological polar surface area (TPSA) is 52.5 Å². The number of piperidine rings is 1. The van der Waals surface area contributed by atoms with Gasteiger partial charge < -0.3 is 10.6 Å². The van der Waals surface area contributed by atoms with Crippen molar-refractivity contribution in [2.24, 2.45) is 4.99 Å². The zero-order chi connectivity index (χ0) is 18.2. The van der Waals surface area contributed by atoms with Crippen LogP contribution in [0.2, 0.25) is 0 Å². The summed E-state index contributed by atoms with van der Waals surface area (Å²) in [6.07, 6.45) is 7.16. The van der Waals surface area contributed by atoms with Crippen molar-refractivity contribution in [3.63, 3.8) is 0 Å². The number of aromatic nitrogens is 1. The number of guanidine groups is 1. The molecule has 2 aromatic rings. The molecule has 1 aromatic carbocycles. The summed E-state index contributed by atoms with van der Waals surface area (Å²) in [5.41, 5.74) is 2.24. The second-order valence-corrected chi connectivity index (χ2v) is 6.94. The standard InChI is InChI=1S/C21H31N5.HI/c1-3-19-11-4-5-14-26(19)15-13-24-21(22-2)25-16-18-9-6-8-17-10-7-12-23-20(17)18;/h6-10,12,19H,3-5,11,13-16H2,1-2H3,(H2,22,24,25);1H. The molecule has 27 heavy (non-hydrogen) atoms. The fourth-order valence-corrected chi connectivity index (χ4v) is 3.84. The van der Waals surface area contributed by atoms with Crippen LogP contribution in [-0.4, -0.2) is 48.6 Å². The average Bonchev–Trinajstić information content (AvgIpc) is 2.70. The van der Waals surface area contributed by atoms with Crippen LogP contribution in [0, 0.1) is 0 Å². The zero-order valence-electron chi connectivity index (χ0n) is 16.4. The lowest BCUT2D eigenvalue weighted by Crippen LogP contribution is -2.45. The van der Waals surface area contributed by atoms with Gasteiger partial charge in [0.2, 0.25) is 0 Å². The summed E-state index contributed by atoms with van der Waals surface area (Å²) in [4.78, 5) is 11.5. The summed E-state index contributed by atoms with van der Waals surface area (Å²) >= 11 is 0. The zero-order valence-corrected chi connectivity index (χ0v) is 18.8. The van der Waals surface area contributed by atoms with E-state index >= 15 is 0 Å². The van der Waals surface area contributed by atoms with Crippen molar-refractivity contribution in [2.45, 2.75) is 45.2 Å². The van der Waals surface area contributed by atoms with Gasteiger partial charge in [0.25, 0.3) is 0 Å². The molecule has 0 aliphatic carbocycles. The molecule has 3 rings (SSSR count). The Morgan fingerprint density at radius 2 is 2.07 bits per heavy atom. The molecule has 5 nitrogen and oxygen atoms in total. The van der Waals surface area contributed by atoms with Gasteiger partial charge in [-0.3, -0.25) is 14.9 Å². The second-order valence-electron chi connectivity index (χ2n) is 6.94. The molecule has 0 radical (unpaired) electrons. The Bertz CT molecular complexity index is 728. The van der Waals surface area contributed by atoms with Gasteiger partial charge in [0.15, 0.2) is 5.96 Å². The number of benzene rings is 1. The maximum Gasteiger partial charge on any atom is 0.191 e. The summed E-state index contributed by atoms with van der Waals surface area (Å²) < 4.78 is 0. The summed E-state index contributed by atoms with van der Waals surface area (Å²) in [7, 11) is 1.83. The lowest BCUT2D eigenvalue weighted by atomic mass is 10.0. The molecule has 1 saturated heterocycles. The number of pyridine rings is 1. The van der Waals surface area contributed by atoms with Crippen LogP contribution in [-0.2, 0) is 6.54 Å². The molecule has 148 valence electrons. The van der Waals surface area contributed by atoms with Crippen LogP contribution in [0.1, 0.15) is 38.2 Å². The molecule has 0 amide bonds. The van der Waals surface area contributed by atoms with E-state index in [-0.39, 0.29) is 24.0 Å². The molecule has 0 saturated carbocycles. The lowest BCUT2D eigenvalue weighted by Gasteiger charge is -2.35. The number of para-hydroxylation sites is 1. The highest BCUT2D eigenvalue weighted by Crippen LogP contribution is 2.18. The summed E-state index contributed by atoms with van der Waals surface area (Å²) in [6.45, 7) is 6.25. The molecule has 0 bridgehead atoms. The molecule has 1 aliphatic heterocycles. The third-order valence-corrected chi connectivity index (χ3v) is 5.30. The molecular weight excluding hydrogens is 449 g/mol. The van der Waals surface area contributed by atoms with E-state index in [4.69, 9.17) is 0 Å². The minimum atomic E-state index is 0. The number of halogens is 1. The predicted molar refractivity (Wildman–Crippen MR) is 125 cm³/mol. The number of fused-ring (bicyclic) bond motifs is 1. The quantitative estimate of drug-likeness (QED) is 0.375. The Morgan fingerprint density at radius 3 is 2.89 bits per heavy atom.